The van der Waals surface area contributed by atoms with E-state index in [1.54, 1.807) is 0 Å². The summed E-state index contributed by atoms with van der Waals surface area (Å²) < 4.78 is 168. The third-order valence-corrected chi connectivity index (χ3v) is 4.65. The second-order valence-corrected chi connectivity index (χ2v) is 7.16. The van der Waals surface area contributed by atoms with Crippen LogP contribution in [0.5, 0.6) is 0 Å². The Morgan fingerprint density at radius 3 is 1.06 bits per heavy atom. The van der Waals surface area contributed by atoms with Crippen molar-refractivity contribution in [3.05, 3.63) is 0 Å². The SMILES string of the molecule is OCCCCCCCCCCCC(F)(F)C(F)(F)C(F)(F)C(F)(F)C(F)(F)C(F)(F)F. The molecule has 31 heavy (non-hydrogen) atoms. The molecule has 0 atom stereocenters. The summed E-state index contributed by atoms with van der Waals surface area (Å²) in [5.41, 5.74) is 0. The van der Waals surface area contributed by atoms with Crippen molar-refractivity contribution in [2.45, 2.75) is 100.0 Å². The van der Waals surface area contributed by atoms with Crippen LogP contribution in [0.1, 0.15) is 64.2 Å². The Kier molecular flexibility index (Phi) is 10.4. The summed E-state index contributed by atoms with van der Waals surface area (Å²) in [6.07, 6.45) is -6.45. The average Bonchev–Trinajstić information content (AvgIpc) is 2.61. The number of rotatable bonds is 15. The molecular weight excluding hydrogens is 467 g/mol. The van der Waals surface area contributed by atoms with E-state index in [1.165, 1.54) is 0 Å². The van der Waals surface area contributed by atoms with Gasteiger partial charge in [0.05, 0.1) is 0 Å². The number of halogens is 13. The molecule has 0 saturated heterocycles. The highest BCUT2D eigenvalue weighted by Gasteiger charge is 2.90. The number of aliphatic hydroxyl groups is 1. The first-order valence-corrected chi connectivity index (χ1v) is 9.38. The smallest absolute Gasteiger partial charge is 0.396 e. The van der Waals surface area contributed by atoms with Crippen molar-refractivity contribution >= 4 is 0 Å². The topological polar surface area (TPSA) is 20.2 Å². The van der Waals surface area contributed by atoms with Gasteiger partial charge in [0.1, 0.15) is 0 Å². The van der Waals surface area contributed by atoms with Crippen LogP contribution in [0, 0.1) is 0 Å². The lowest BCUT2D eigenvalue weighted by Gasteiger charge is -2.39. The van der Waals surface area contributed by atoms with Gasteiger partial charge >= 0.3 is 35.8 Å². The number of aliphatic hydroxyl groups excluding tert-OH is 1. The van der Waals surface area contributed by atoms with Gasteiger partial charge in [-0.15, -0.1) is 0 Å². The van der Waals surface area contributed by atoms with Crippen LogP contribution >= 0.6 is 0 Å². The van der Waals surface area contributed by atoms with Gasteiger partial charge in [-0.25, -0.2) is 0 Å². The molecule has 0 fully saturated rings. The molecule has 188 valence electrons. The minimum atomic E-state index is -7.83. The molecule has 0 spiro atoms. The van der Waals surface area contributed by atoms with Crippen LogP contribution in [0.3, 0.4) is 0 Å². The zero-order chi connectivity index (χ0) is 24.8. The minimum Gasteiger partial charge on any atom is -0.396 e. The normalized spacial score (nSPS) is 14.9. The number of unbranched alkanes of at least 4 members (excludes halogenated alkanes) is 8. The van der Waals surface area contributed by atoms with Crippen LogP contribution < -0.4 is 0 Å². The highest BCUT2D eigenvalue weighted by Crippen LogP contribution is 2.60. The Morgan fingerprint density at radius 1 is 0.387 bits per heavy atom. The molecule has 1 nitrogen and oxygen atoms in total. The molecule has 0 radical (unpaired) electrons. The van der Waals surface area contributed by atoms with Gasteiger partial charge in [-0.3, -0.25) is 0 Å². The number of alkyl halides is 13. The standard InChI is InChI=1S/C17H23F13O/c18-12(19,10-8-6-4-2-1-3-5-7-9-11-31)13(20,21)14(22,23)15(24,25)16(26,27)17(28,29)30/h31H,1-11H2. The van der Waals surface area contributed by atoms with Crippen LogP contribution in [0.2, 0.25) is 0 Å². The van der Waals surface area contributed by atoms with Gasteiger partial charge in [-0.2, -0.15) is 57.1 Å². The van der Waals surface area contributed by atoms with Crippen molar-refractivity contribution in [3.63, 3.8) is 0 Å². The third kappa shape index (κ3) is 6.53. The van der Waals surface area contributed by atoms with Gasteiger partial charge < -0.3 is 5.11 Å². The zero-order valence-corrected chi connectivity index (χ0v) is 16.1. The summed E-state index contributed by atoms with van der Waals surface area (Å²) in [6.45, 7) is 0.0255. The van der Waals surface area contributed by atoms with Crippen molar-refractivity contribution in [2.75, 3.05) is 6.61 Å². The van der Waals surface area contributed by atoms with Gasteiger partial charge in [0.2, 0.25) is 0 Å². The number of hydrogen-bond donors (Lipinski definition) is 1. The van der Waals surface area contributed by atoms with E-state index >= 15 is 0 Å². The molecule has 14 heteroatoms. The molecular formula is C17H23F13O. The molecule has 0 unspecified atom stereocenters. The Labute approximate surface area is 170 Å². The highest BCUT2D eigenvalue weighted by atomic mass is 19.4. The summed E-state index contributed by atoms with van der Waals surface area (Å²) in [4.78, 5) is 0. The summed E-state index contributed by atoms with van der Waals surface area (Å²) in [7, 11) is 0. The lowest BCUT2D eigenvalue weighted by Crippen LogP contribution is -2.70. The zero-order valence-electron chi connectivity index (χ0n) is 16.1. The fraction of sp³-hybridized carbons (Fsp3) is 1.00. The van der Waals surface area contributed by atoms with E-state index in [4.69, 9.17) is 5.11 Å². The first kappa shape index (κ1) is 30.0. The Bertz CT molecular complexity index is 529. The largest absolute Gasteiger partial charge is 0.460 e. The summed E-state index contributed by atoms with van der Waals surface area (Å²) >= 11 is 0. The lowest BCUT2D eigenvalue weighted by atomic mass is 9.91. The van der Waals surface area contributed by atoms with E-state index in [0.29, 0.717) is 19.3 Å². The molecule has 0 aliphatic heterocycles. The molecule has 0 saturated carbocycles. The van der Waals surface area contributed by atoms with Gasteiger partial charge in [0, 0.05) is 13.0 Å². The van der Waals surface area contributed by atoms with Gasteiger partial charge in [-0.1, -0.05) is 44.9 Å². The first-order valence-electron chi connectivity index (χ1n) is 9.38. The van der Waals surface area contributed by atoms with Crippen LogP contribution in [0.4, 0.5) is 57.1 Å². The van der Waals surface area contributed by atoms with E-state index in [-0.39, 0.29) is 19.4 Å². The minimum absolute atomic E-state index is 0.0255. The molecule has 0 aromatic carbocycles. The van der Waals surface area contributed by atoms with Crippen LogP contribution in [0.15, 0.2) is 0 Å². The fourth-order valence-electron chi connectivity index (χ4n) is 2.66. The first-order chi connectivity index (χ1) is 13.8. The van der Waals surface area contributed by atoms with Crippen LogP contribution in [0.25, 0.3) is 0 Å². The maximum Gasteiger partial charge on any atom is 0.460 e. The van der Waals surface area contributed by atoms with E-state index in [1.807, 2.05) is 0 Å². The van der Waals surface area contributed by atoms with Crippen molar-refractivity contribution in [1.82, 2.24) is 0 Å². The fourth-order valence-corrected chi connectivity index (χ4v) is 2.66. The molecule has 0 aromatic heterocycles. The molecule has 0 bridgehead atoms. The molecule has 0 rings (SSSR count). The molecule has 0 aromatic rings. The quantitative estimate of drug-likeness (QED) is 0.185. The van der Waals surface area contributed by atoms with Crippen molar-refractivity contribution in [1.29, 1.82) is 0 Å². The van der Waals surface area contributed by atoms with E-state index < -0.39 is 48.6 Å². The average molecular weight is 490 g/mol. The maximum atomic E-state index is 13.6. The summed E-state index contributed by atoms with van der Waals surface area (Å²) in [5, 5.41) is 8.57. The molecule has 0 aliphatic rings. The highest BCUT2D eigenvalue weighted by molar-refractivity contribution is 5.10. The molecule has 0 aliphatic carbocycles. The van der Waals surface area contributed by atoms with Crippen molar-refractivity contribution < 1.29 is 62.2 Å². The number of hydrogen-bond acceptors (Lipinski definition) is 1. The van der Waals surface area contributed by atoms with Crippen molar-refractivity contribution in [2.24, 2.45) is 0 Å². The predicted molar refractivity (Wildman–Crippen MR) is 84.0 cm³/mol. The van der Waals surface area contributed by atoms with E-state index in [0.717, 1.165) is 19.3 Å². The molecule has 0 amide bonds. The molecule has 1 N–H and O–H groups in total. The van der Waals surface area contributed by atoms with Crippen molar-refractivity contribution in [3.8, 4) is 0 Å². The van der Waals surface area contributed by atoms with E-state index in [9.17, 15) is 57.1 Å². The van der Waals surface area contributed by atoms with E-state index in [2.05, 4.69) is 0 Å². The predicted octanol–water partition coefficient (Wildman–Crippen LogP) is 7.62. The third-order valence-electron chi connectivity index (χ3n) is 4.65. The van der Waals surface area contributed by atoms with Crippen LogP contribution in [-0.2, 0) is 0 Å². The van der Waals surface area contributed by atoms with Gasteiger partial charge in [0.25, 0.3) is 0 Å². The monoisotopic (exact) mass is 490 g/mol. The second-order valence-electron chi connectivity index (χ2n) is 7.16. The van der Waals surface area contributed by atoms with Gasteiger partial charge in [-0.05, 0) is 12.8 Å². The lowest BCUT2D eigenvalue weighted by molar-refractivity contribution is -0.440. The summed E-state index contributed by atoms with van der Waals surface area (Å²) in [6, 6.07) is 0. The van der Waals surface area contributed by atoms with Crippen LogP contribution in [-0.4, -0.2) is 47.5 Å². The second kappa shape index (κ2) is 10.8. The maximum absolute atomic E-state index is 13.6. The Hall–Kier alpha value is -0.950. The Balaban J connectivity index is 4.95. The Morgan fingerprint density at radius 2 is 0.710 bits per heavy atom. The van der Waals surface area contributed by atoms with Gasteiger partial charge in [0.15, 0.2) is 0 Å². The summed E-state index contributed by atoms with van der Waals surface area (Å²) in [5.74, 6) is -36.4. The molecule has 0 heterocycles.